The number of nitrogens with zero attached hydrogens (tertiary/aromatic N) is 4. The summed E-state index contributed by atoms with van der Waals surface area (Å²) in [5.74, 6) is 1.27. The molecule has 6 heteroatoms. The SMILES string of the molecule is CCCCNc1cnnc(Nc2ccc(N3CCCCC3)cc2)n1. The monoisotopic (exact) mass is 326 g/mol. The lowest BCUT2D eigenvalue weighted by Crippen LogP contribution is -2.29. The van der Waals surface area contributed by atoms with Crippen molar-refractivity contribution in [3.63, 3.8) is 0 Å². The van der Waals surface area contributed by atoms with Gasteiger partial charge in [-0.05, 0) is 49.9 Å². The molecule has 0 atom stereocenters. The van der Waals surface area contributed by atoms with Crippen LogP contribution in [0.4, 0.5) is 23.1 Å². The van der Waals surface area contributed by atoms with Gasteiger partial charge in [0, 0.05) is 31.0 Å². The average Bonchev–Trinajstić information content (AvgIpc) is 2.64. The van der Waals surface area contributed by atoms with E-state index in [2.05, 4.69) is 61.9 Å². The molecular weight excluding hydrogens is 300 g/mol. The van der Waals surface area contributed by atoms with Gasteiger partial charge in [0.15, 0.2) is 5.82 Å². The number of anilines is 4. The van der Waals surface area contributed by atoms with E-state index in [1.54, 1.807) is 6.20 Å². The van der Waals surface area contributed by atoms with E-state index in [1.165, 1.54) is 24.9 Å². The van der Waals surface area contributed by atoms with Crippen molar-refractivity contribution in [2.75, 3.05) is 35.2 Å². The summed E-state index contributed by atoms with van der Waals surface area (Å²) in [6.07, 6.45) is 7.85. The first-order valence-electron chi connectivity index (χ1n) is 8.91. The molecule has 0 radical (unpaired) electrons. The van der Waals surface area contributed by atoms with Crippen LogP contribution in [0.2, 0.25) is 0 Å². The highest BCUT2D eigenvalue weighted by Crippen LogP contribution is 2.22. The van der Waals surface area contributed by atoms with Crippen molar-refractivity contribution in [3.8, 4) is 0 Å². The number of benzene rings is 1. The fourth-order valence-electron chi connectivity index (χ4n) is 2.87. The van der Waals surface area contributed by atoms with E-state index in [9.17, 15) is 0 Å². The molecule has 2 heterocycles. The van der Waals surface area contributed by atoms with Gasteiger partial charge in [0.05, 0.1) is 6.20 Å². The van der Waals surface area contributed by atoms with Crippen LogP contribution >= 0.6 is 0 Å². The number of rotatable bonds is 7. The molecule has 0 amide bonds. The molecule has 0 spiro atoms. The molecule has 1 saturated heterocycles. The summed E-state index contributed by atoms with van der Waals surface area (Å²) >= 11 is 0. The van der Waals surface area contributed by atoms with Gasteiger partial charge in [0.2, 0.25) is 5.95 Å². The first kappa shape index (κ1) is 16.5. The van der Waals surface area contributed by atoms with Crippen LogP contribution < -0.4 is 15.5 Å². The van der Waals surface area contributed by atoms with Crippen molar-refractivity contribution in [2.45, 2.75) is 39.0 Å². The van der Waals surface area contributed by atoms with Crippen LogP contribution in [0.25, 0.3) is 0 Å². The quantitative estimate of drug-likeness (QED) is 0.754. The van der Waals surface area contributed by atoms with Crippen molar-refractivity contribution in [1.29, 1.82) is 0 Å². The molecule has 2 N–H and O–H groups in total. The van der Waals surface area contributed by atoms with Gasteiger partial charge in [-0.2, -0.15) is 10.1 Å². The van der Waals surface area contributed by atoms with E-state index in [-0.39, 0.29) is 0 Å². The zero-order valence-electron chi connectivity index (χ0n) is 14.3. The number of aromatic nitrogens is 3. The summed E-state index contributed by atoms with van der Waals surface area (Å²) in [5.41, 5.74) is 2.26. The molecule has 0 saturated carbocycles. The number of piperidine rings is 1. The van der Waals surface area contributed by atoms with Crippen molar-refractivity contribution >= 4 is 23.1 Å². The number of hydrogen-bond acceptors (Lipinski definition) is 6. The third kappa shape index (κ3) is 4.57. The van der Waals surface area contributed by atoms with Gasteiger partial charge in [-0.1, -0.05) is 13.3 Å². The molecule has 24 heavy (non-hydrogen) atoms. The first-order chi connectivity index (χ1) is 11.8. The maximum absolute atomic E-state index is 4.45. The Bertz CT molecular complexity index is 622. The van der Waals surface area contributed by atoms with E-state index in [0.717, 1.165) is 44.0 Å². The Labute approximate surface area is 143 Å². The molecule has 6 nitrogen and oxygen atoms in total. The summed E-state index contributed by atoms with van der Waals surface area (Å²) in [4.78, 5) is 6.89. The molecule has 0 bridgehead atoms. The second kappa shape index (κ2) is 8.47. The van der Waals surface area contributed by atoms with Crippen LogP contribution in [0.5, 0.6) is 0 Å². The molecule has 0 aliphatic carbocycles. The van der Waals surface area contributed by atoms with Crippen LogP contribution in [0, 0.1) is 0 Å². The molecule has 1 aliphatic heterocycles. The standard InChI is InChI=1S/C18H26N6/c1-2-3-11-19-17-14-20-23-18(22-17)21-15-7-9-16(10-8-15)24-12-5-4-6-13-24/h7-10,14H,2-6,11-13H2,1H3,(H2,19,21,22,23). The fourth-order valence-corrected chi connectivity index (χ4v) is 2.87. The Balaban J connectivity index is 1.60. The Morgan fingerprint density at radius 1 is 1.08 bits per heavy atom. The van der Waals surface area contributed by atoms with Gasteiger partial charge in [-0.25, -0.2) is 0 Å². The normalized spacial score (nSPS) is 14.5. The van der Waals surface area contributed by atoms with Crippen LogP contribution in [-0.4, -0.2) is 34.8 Å². The number of nitrogens with one attached hydrogen (secondary N) is 2. The Morgan fingerprint density at radius 3 is 2.62 bits per heavy atom. The highest BCUT2D eigenvalue weighted by Gasteiger charge is 2.10. The molecule has 1 aromatic heterocycles. The third-order valence-corrected chi connectivity index (χ3v) is 4.24. The Morgan fingerprint density at radius 2 is 1.88 bits per heavy atom. The second-order valence-corrected chi connectivity index (χ2v) is 6.17. The summed E-state index contributed by atoms with van der Waals surface area (Å²) in [6.45, 7) is 5.39. The van der Waals surface area contributed by atoms with Crippen LogP contribution in [0.15, 0.2) is 30.5 Å². The van der Waals surface area contributed by atoms with Crippen LogP contribution in [0.1, 0.15) is 39.0 Å². The molecule has 1 aromatic carbocycles. The molecule has 1 aliphatic rings. The zero-order valence-corrected chi connectivity index (χ0v) is 14.3. The van der Waals surface area contributed by atoms with E-state index < -0.39 is 0 Å². The van der Waals surface area contributed by atoms with Crippen molar-refractivity contribution in [2.24, 2.45) is 0 Å². The summed E-state index contributed by atoms with van der Waals surface area (Å²) in [6, 6.07) is 8.46. The van der Waals surface area contributed by atoms with Gasteiger partial charge in [-0.3, -0.25) is 0 Å². The van der Waals surface area contributed by atoms with E-state index in [4.69, 9.17) is 0 Å². The molecule has 128 valence electrons. The molecule has 2 aromatic rings. The summed E-state index contributed by atoms with van der Waals surface area (Å²) < 4.78 is 0. The lowest BCUT2D eigenvalue weighted by atomic mass is 10.1. The van der Waals surface area contributed by atoms with Gasteiger partial charge in [0.25, 0.3) is 0 Å². The van der Waals surface area contributed by atoms with Crippen LogP contribution in [0.3, 0.4) is 0 Å². The zero-order chi connectivity index (χ0) is 16.6. The largest absolute Gasteiger partial charge is 0.372 e. The second-order valence-electron chi connectivity index (χ2n) is 6.17. The first-order valence-corrected chi connectivity index (χ1v) is 8.91. The van der Waals surface area contributed by atoms with Gasteiger partial charge in [-0.15, -0.1) is 5.10 Å². The highest BCUT2D eigenvalue weighted by molar-refractivity contribution is 5.59. The van der Waals surface area contributed by atoms with Crippen molar-refractivity contribution in [1.82, 2.24) is 15.2 Å². The van der Waals surface area contributed by atoms with Gasteiger partial charge in [0.1, 0.15) is 0 Å². The fraction of sp³-hybridized carbons (Fsp3) is 0.500. The topological polar surface area (TPSA) is 66.0 Å². The predicted molar refractivity (Wildman–Crippen MR) is 99.0 cm³/mol. The predicted octanol–water partition coefficient (Wildman–Crippen LogP) is 3.82. The minimum atomic E-state index is 0.516. The van der Waals surface area contributed by atoms with E-state index in [0.29, 0.717) is 5.95 Å². The van der Waals surface area contributed by atoms with Crippen molar-refractivity contribution in [3.05, 3.63) is 30.5 Å². The number of hydrogen-bond donors (Lipinski definition) is 2. The maximum atomic E-state index is 4.45. The minimum absolute atomic E-state index is 0.516. The molecule has 3 rings (SSSR count). The summed E-state index contributed by atoms with van der Waals surface area (Å²) in [7, 11) is 0. The average molecular weight is 326 g/mol. The van der Waals surface area contributed by atoms with E-state index in [1.807, 2.05) is 0 Å². The third-order valence-electron chi connectivity index (χ3n) is 4.24. The lowest BCUT2D eigenvalue weighted by Gasteiger charge is -2.28. The van der Waals surface area contributed by atoms with Gasteiger partial charge < -0.3 is 15.5 Å². The Hall–Kier alpha value is -2.37. The molecule has 1 fully saturated rings. The maximum Gasteiger partial charge on any atom is 0.249 e. The Kier molecular flexibility index (Phi) is 5.82. The number of unbranched alkanes of at least 4 members (excludes halogenated alkanes) is 1. The lowest BCUT2D eigenvalue weighted by molar-refractivity contribution is 0.578. The van der Waals surface area contributed by atoms with Crippen LogP contribution in [-0.2, 0) is 0 Å². The van der Waals surface area contributed by atoms with Gasteiger partial charge >= 0.3 is 0 Å². The molecular formula is C18H26N6. The smallest absolute Gasteiger partial charge is 0.249 e. The van der Waals surface area contributed by atoms with Crippen molar-refractivity contribution < 1.29 is 0 Å². The highest BCUT2D eigenvalue weighted by atomic mass is 15.3. The summed E-state index contributed by atoms with van der Waals surface area (Å²) in [5, 5.41) is 14.5. The molecule has 0 unspecified atom stereocenters. The van der Waals surface area contributed by atoms with E-state index >= 15 is 0 Å². The minimum Gasteiger partial charge on any atom is -0.372 e.